The van der Waals surface area contributed by atoms with E-state index in [1.165, 1.54) is 11.1 Å². The molecule has 0 saturated carbocycles. The van der Waals surface area contributed by atoms with Crippen LogP contribution in [0.5, 0.6) is 0 Å². The highest BCUT2D eigenvalue weighted by Crippen LogP contribution is 2.32. The van der Waals surface area contributed by atoms with Crippen molar-refractivity contribution in [2.24, 2.45) is 7.05 Å². The predicted molar refractivity (Wildman–Crippen MR) is 81.3 cm³/mol. The zero-order valence-corrected chi connectivity index (χ0v) is 13.0. The zero-order valence-electron chi connectivity index (χ0n) is 13.0. The van der Waals surface area contributed by atoms with E-state index in [1.54, 1.807) is 4.90 Å². The summed E-state index contributed by atoms with van der Waals surface area (Å²) in [5.74, 6) is 0.335. The minimum atomic E-state index is -0.443. The van der Waals surface area contributed by atoms with Crippen LogP contribution in [0.4, 0.5) is 4.79 Å². The first-order chi connectivity index (χ1) is 9.85. The molecule has 21 heavy (non-hydrogen) atoms. The molecule has 1 saturated heterocycles. The molecule has 1 aliphatic rings. The normalized spacial score (nSPS) is 16.1. The molecule has 0 N–H and O–H groups in total. The number of carbonyl (C=O) groups is 1. The Bertz CT molecular complexity index is 678. The Morgan fingerprint density at radius 1 is 1.33 bits per heavy atom. The molecule has 5 heteroatoms. The van der Waals surface area contributed by atoms with Gasteiger partial charge in [0.1, 0.15) is 5.60 Å². The van der Waals surface area contributed by atoms with E-state index in [2.05, 4.69) is 15.6 Å². The van der Waals surface area contributed by atoms with Gasteiger partial charge in [0.15, 0.2) is 0 Å². The molecule has 0 spiro atoms. The van der Waals surface area contributed by atoms with E-state index in [0.29, 0.717) is 19.0 Å². The fourth-order valence-electron chi connectivity index (χ4n) is 2.73. The Morgan fingerprint density at radius 3 is 2.71 bits per heavy atom. The van der Waals surface area contributed by atoms with Crippen LogP contribution in [0.1, 0.15) is 32.3 Å². The first-order valence-corrected chi connectivity index (χ1v) is 7.22. The number of carbonyl (C=O) groups excluding carboxylic acids is 1. The summed E-state index contributed by atoms with van der Waals surface area (Å²) < 4.78 is 7.50. The van der Waals surface area contributed by atoms with Crippen LogP contribution in [0.25, 0.3) is 10.9 Å². The molecule has 3 heterocycles. The molecule has 0 radical (unpaired) electrons. The van der Waals surface area contributed by atoms with Crippen LogP contribution in [-0.4, -0.2) is 39.2 Å². The molecule has 112 valence electrons. The molecular weight excluding hydrogens is 266 g/mol. The van der Waals surface area contributed by atoms with E-state index >= 15 is 0 Å². The summed E-state index contributed by atoms with van der Waals surface area (Å²) in [5.41, 5.74) is 1.97. The summed E-state index contributed by atoms with van der Waals surface area (Å²) in [6.45, 7) is 7.05. The molecular formula is C16H21N3O2. The van der Waals surface area contributed by atoms with Gasteiger partial charge in [-0.05, 0) is 26.8 Å². The van der Waals surface area contributed by atoms with Gasteiger partial charge in [-0.1, -0.05) is 0 Å². The number of hydrogen-bond donors (Lipinski definition) is 0. The number of ether oxygens (including phenoxy) is 1. The van der Waals surface area contributed by atoms with Crippen molar-refractivity contribution in [2.45, 2.75) is 32.3 Å². The number of aromatic nitrogens is 2. The minimum absolute atomic E-state index is 0.231. The Hall–Kier alpha value is -2.04. The molecule has 0 bridgehead atoms. The summed E-state index contributed by atoms with van der Waals surface area (Å²) in [6, 6.07) is 2.07. The number of fused-ring (bicyclic) bond motifs is 1. The summed E-state index contributed by atoms with van der Waals surface area (Å²) in [7, 11) is 2.04. The molecule has 1 amide bonds. The lowest BCUT2D eigenvalue weighted by molar-refractivity contribution is 0.00825. The minimum Gasteiger partial charge on any atom is -0.444 e. The van der Waals surface area contributed by atoms with Crippen molar-refractivity contribution in [3.05, 3.63) is 30.2 Å². The zero-order chi connectivity index (χ0) is 15.2. The van der Waals surface area contributed by atoms with E-state index in [4.69, 9.17) is 4.74 Å². The summed E-state index contributed by atoms with van der Waals surface area (Å²) in [4.78, 5) is 18.0. The van der Waals surface area contributed by atoms with E-state index < -0.39 is 5.60 Å². The van der Waals surface area contributed by atoms with Crippen molar-refractivity contribution in [1.29, 1.82) is 0 Å². The van der Waals surface area contributed by atoms with E-state index in [1.807, 2.05) is 46.4 Å². The number of likely N-dealkylation sites (tertiary alicyclic amines) is 1. The Balaban J connectivity index is 1.74. The first-order valence-electron chi connectivity index (χ1n) is 7.22. The predicted octanol–water partition coefficient (Wildman–Crippen LogP) is 2.91. The summed E-state index contributed by atoms with van der Waals surface area (Å²) in [6.07, 6.45) is 5.61. The maximum absolute atomic E-state index is 12.0. The van der Waals surface area contributed by atoms with Crippen LogP contribution in [-0.2, 0) is 11.8 Å². The van der Waals surface area contributed by atoms with Gasteiger partial charge in [0, 0.05) is 55.6 Å². The van der Waals surface area contributed by atoms with Gasteiger partial charge in [-0.3, -0.25) is 4.98 Å². The molecule has 0 unspecified atom stereocenters. The number of nitrogens with zero attached hydrogens (tertiary/aromatic N) is 3. The quantitative estimate of drug-likeness (QED) is 0.810. The number of hydrogen-bond acceptors (Lipinski definition) is 3. The fourth-order valence-corrected chi connectivity index (χ4v) is 2.73. The van der Waals surface area contributed by atoms with E-state index in [-0.39, 0.29) is 6.09 Å². The molecule has 2 aromatic rings. The van der Waals surface area contributed by atoms with Gasteiger partial charge in [-0.15, -0.1) is 0 Å². The van der Waals surface area contributed by atoms with Gasteiger partial charge in [-0.25, -0.2) is 4.79 Å². The average molecular weight is 287 g/mol. The number of amides is 1. The fraction of sp³-hybridized carbons (Fsp3) is 0.500. The van der Waals surface area contributed by atoms with Crippen LogP contribution >= 0.6 is 0 Å². The van der Waals surface area contributed by atoms with Gasteiger partial charge in [0.2, 0.25) is 0 Å². The van der Waals surface area contributed by atoms with Gasteiger partial charge in [-0.2, -0.15) is 0 Å². The van der Waals surface area contributed by atoms with Crippen molar-refractivity contribution >= 4 is 17.0 Å². The summed E-state index contributed by atoms with van der Waals surface area (Å²) >= 11 is 0. The molecule has 0 aliphatic carbocycles. The average Bonchev–Trinajstić information content (AvgIpc) is 2.68. The second kappa shape index (κ2) is 4.76. The molecule has 1 aliphatic heterocycles. The van der Waals surface area contributed by atoms with Crippen LogP contribution in [0.3, 0.4) is 0 Å². The lowest BCUT2D eigenvalue weighted by Gasteiger charge is -2.40. The number of aryl methyl sites for hydroxylation is 1. The van der Waals surface area contributed by atoms with Gasteiger partial charge in [0.25, 0.3) is 0 Å². The van der Waals surface area contributed by atoms with Gasteiger partial charge < -0.3 is 14.2 Å². The highest BCUT2D eigenvalue weighted by atomic mass is 16.6. The molecule has 2 aromatic heterocycles. The van der Waals surface area contributed by atoms with E-state index in [0.717, 1.165) is 5.39 Å². The van der Waals surface area contributed by atoms with Crippen molar-refractivity contribution < 1.29 is 9.53 Å². The highest BCUT2D eigenvalue weighted by Gasteiger charge is 2.35. The number of rotatable bonds is 1. The third-order valence-electron chi connectivity index (χ3n) is 3.78. The molecule has 3 rings (SSSR count). The maximum Gasteiger partial charge on any atom is 0.410 e. The van der Waals surface area contributed by atoms with Crippen molar-refractivity contribution in [3.63, 3.8) is 0 Å². The molecule has 5 nitrogen and oxygen atoms in total. The Morgan fingerprint density at radius 2 is 2.05 bits per heavy atom. The topological polar surface area (TPSA) is 47.4 Å². The van der Waals surface area contributed by atoms with Crippen LogP contribution in [0, 0.1) is 0 Å². The van der Waals surface area contributed by atoms with Crippen molar-refractivity contribution in [2.75, 3.05) is 13.1 Å². The van der Waals surface area contributed by atoms with E-state index in [9.17, 15) is 4.79 Å². The smallest absolute Gasteiger partial charge is 0.410 e. The largest absolute Gasteiger partial charge is 0.444 e. The highest BCUT2D eigenvalue weighted by molar-refractivity contribution is 5.83. The maximum atomic E-state index is 12.0. The molecule has 1 fully saturated rings. The van der Waals surface area contributed by atoms with Gasteiger partial charge >= 0.3 is 6.09 Å². The number of pyridine rings is 1. The molecule has 0 atom stereocenters. The second-order valence-electron chi connectivity index (χ2n) is 6.68. The Labute approximate surface area is 124 Å². The third-order valence-corrected chi connectivity index (χ3v) is 3.78. The second-order valence-corrected chi connectivity index (χ2v) is 6.68. The van der Waals surface area contributed by atoms with Crippen LogP contribution in [0.2, 0.25) is 0 Å². The van der Waals surface area contributed by atoms with Crippen molar-refractivity contribution in [3.8, 4) is 0 Å². The van der Waals surface area contributed by atoms with Crippen molar-refractivity contribution in [1.82, 2.24) is 14.5 Å². The SMILES string of the molecule is Cn1ccc2cncc(C3CN(C(=O)OC(C)(C)C)C3)c21. The first kappa shape index (κ1) is 13.9. The van der Waals surface area contributed by atoms with Gasteiger partial charge in [0.05, 0.1) is 5.52 Å². The third kappa shape index (κ3) is 2.60. The lowest BCUT2D eigenvalue weighted by atomic mass is 9.92. The standard InChI is InChI=1S/C16H21N3O2/c1-16(2,3)21-15(20)19-9-12(10-19)13-8-17-7-11-5-6-18(4)14(11)13/h5-8,12H,9-10H2,1-4H3. The van der Waals surface area contributed by atoms with Crippen LogP contribution in [0.15, 0.2) is 24.7 Å². The monoisotopic (exact) mass is 287 g/mol. The molecule has 0 aromatic carbocycles. The summed E-state index contributed by atoms with van der Waals surface area (Å²) in [5, 5.41) is 1.14. The lowest BCUT2D eigenvalue weighted by Crippen LogP contribution is -2.50. The van der Waals surface area contributed by atoms with Crippen LogP contribution < -0.4 is 0 Å². The Kier molecular flexibility index (Phi) is 3.15.